The van der Waals surface area contributed by atoms with Crippen LogP contribution < -0.4 is 0 Å². The molecule has 0 fully saturated rings. The molecule has 128 valence electrons. The molecule has 0 spiro atoms. The van der Waals surface area contributed by atoms with Gasteiger partial charge in [-0.05, 0) is 28.8 Å². The van der Waals surface area contributed by atoms with Crippen LogP contribution in [0.3, 0.4) is 0 Å². The first-order chi connectivity index (χ1) is 12.7. The van der Waals surface area contributed by atoms with Crippen LogP contribution in [0.5, 0.6) is 0 Å². The predicted molar refractivity (Wildman–Crippen MR) is 109 cm³/mol. The van der Waals surface area contributed by atoms with Gasteiger partial charge in [0.15, 0.2) is 0 Å². The van der Waals surface area contributed by atoms with Gasteiger partial charge in [-0.1, -0.05) is 83.9 Å². The van der Waals surface area contributed by atoms with Gasteiger partial charge >= 0.3 is 0 Å². The highest BCUT2D eigenvalue weighted by Crippen LogP contribution is 2.26. The zero-order valence-electron chi connectivity index (χ0n) is 13.9. The number of rotatable bonds is 4. The van der Waals surface area contributed by atoms with Gasteiger partial charge in [-0.2, -0.15) is 0 Å². The fourth-order valence-corrected chi connectivity index (χ4v) is 3.38. The molecular weight excluding hydrogens is 363 g/mol. The molecule has 0 atom stereocenters. The number of H-pyrrole nitrogens is 1. The van der Waals surface area contributed by atoms with Crippen molar-refractivity contribution in [2.75, 3.05) is 0 Å². The van der Waals surface area contributed by atoms with Crippen molar-refractivity contribution < 1.29 is 0 Å². The number of hydrogen-bond acceptors (Lipinski definition) is 1. The highest BCUT2D eigenvalue weighted by molar-refractivity contribution is 6.35. The van der Waals surface area contributed by atoms with E-state index in [-0.39, 0.29) is 0 Å². The molecule has 4 rings (SSSR count). The number of imidazole rings is 1. The Morgan fingerprint density at radius 2 is 1.46 bits per heavy atom. The van der Waals surface area contributed by atoms with Crippen molar-refractivity contribution in [2.45, 2.75) is 6.42 Å². The van der Waals surface area contributed by atoms with Gasteiger partial charge in [0, 0.05) is 28.2 Å². The Kier molecular flexibility index (Phi) is 4.79. The number of nitrogens with zero attached hydrogens (tertiary/aromatic N) is 1. The van der Waals surface area contributed by atoms with Crippen LogP contribution in [-0.4, -0.2) is 9.97 Å². The molecule has 0 amide bonds. The first-order valence-electron chi connectivity index (χ1n) is 8.33. The Labute approximate surface area is 162 Å². The lowest BCUT2D eigenvalue weighted by Crippen LogP contribution is -1.92. The molecular formula is C22H16Cl2N2. The normalized spacial score (nSPS) is 10.8. The minimum Gasteiger partial charge on any atom is -0.348 e. The zero-order chi connectivity index (χ0) is 17.9. The highest BCUT2D eigenvalue weighted by Gasteiger charge is 2.08. The molecule has 4 heteroatoms. The Balaban J connectivity index is 1.54. The van der Waals surface area contributed by atoms with Crippen LogP contribution in [0.15, 0.2) is 79.0 Å². The molecule has 2 nitrogen and oxygen atoms in total. The standard InChI is InChI=1S/C22H16Cl2N2/c23-19-11-10-18(20(24)13-19)12-22-25-14-21(26-22)17-8-6-16(7-9-17)15-4-2-1-3-5-15/h1-11,13-14H,12H2,(H,25,26). The molecule has 1 heterocycles. The summed E-state index contributed by atoms with van der Waals surface area (Å²) < 4.78 is 0. The highest BCUT2D eigenvalue weighted by atomic mass is 35.5. The summed E-state index contributed by atoms with van der Waals surface area (Å²) in [5.41, 5.74) is 5.40. The van der Waals surface area contributed by atoms with Crippen molar-refractivity contribution >= 4 is 23.2 Å². The summed E-state index contributed by atoms with van der Waals surface area (Å²) in [5.74, 6) is 0.872. The Bertz CT molecular complexity index is 1020. The first-order valence-corrected chi connectivity index (χ1v) is 9.09. The van der Waals surface area contributed by atoms with E-state index in [9.17, 15) is 0 Å². The molecule has 0 unspecified atom stereocenters. The predicted octanol–water partition coefficient (Wildman–Crippen LogP) is 6.64. The van der Waals surface area contributed by atoms with E-state index in [2.05, 4.69) is 41.4 Å². The molecule has 1 aromatic heterocycles. The van der Waals surface area contributed by atoms with Crippen LogP contribution in [-0.2, 0) is 6.42 Å². The number of aromatic nitrogens is 2. The van der Waals surface area contributed by atoms with Crippen molar-refractivity contribution in [3.8, 4) is 22.4 Å². The van der Waals surface area contributed by atoms with E-state index in [1.807, 2.05) is 36.5 Å². The van der Waals surface area contributed by atoms with Gasteiger partial charge in [0.1, 0.15) is 5.82 Å². The van der Waals surface area contributed by atoms with E-state index in [1.165, 1.54) is 11.1 Å². The second kappa shape index (κ2) is 7.36. The van der Waals surface area contributed by atoms with Crippen molar-refractivity contribution in [1.82, 2.24) is 9.97 Å². The summed E-state index contributed by atoms with van der Waals surface area (Å²) in [7, 11) is 0. The van der Waals surface area contributed by atoms with E-state index in [0.29, 0.717) is 16.5 Å². The smallest absolute Gasteiger partial charge is 0.111 e. The van der Waals surface area contributed by atoms with Gasteiger partial charge in [0.25, 0.3) is 0 Å². The van der Waals surface area contributed by atoms with E-state index in [4.69, 9.17) is 28.2 Å². The number of aromatic amines is 1. The van der Waals surface area contributed by atoms with Crippen molar-refractivity contribution in [3.63, 3.8) is 0 Å². The molecule has 0 bridgehead atoms. The third-order valence-corrected chi connectivity index (χ3v) is 4.88. The average Bonchev–Trinajstić information content (AvgIpc) is 3.14. The maximum absolute atomic E-state index is 6.25. The SMILES string of the molecule is Clc1ccc(Cc2nc(-c3ccc(-c4ccccc4)cc3)c[nH]2)c(Cl)c1. The molecule has 0 saturated carbocycles. The Morgan fingerprint density at radius 3 is 2.19 bits per heavy atom. The lowest BCUT2D eigenvalue weighted by molar-refractivity contribution is 1.03. The molecule has 26 heavy (non-hydrogen) atoms. The zero-order valence-corrected chi connectivity index (χ0v) is 15.4. The van der Waals surface area contributed by atoms with Crippen LogP contribution in [0.25, 0.3) is 22.4 Å². The number of hydrogen-bond donors (Lipinski definition) is 1. The Morgan fingerprint density at radius 1 is 0.769 bits per heavy atom. The van der Waals surface area contributed by atoms with Crippen LogP contribution in [0.2, 0.25) is 10.0 Å². The maximum atomic E-state index is 6.25. The second-order valence-corrected chi connectivity index (χ2v) is 6.93. The van der Waals surface area contributed by atoms with Gasteiger partial charge < -0.3 is 4.98 Å². The maximum Gasteiger partial charge on any atom is 0.111 e. The largest absolute Gasteiger partial charge is 0.348 e. The number of nitrogens with one attached hydrogen (secondary N) is 1. The van der Waals surface area contributed by atoms with Gasteiger partial charge in [0.2, 0.25) is 0 Å². The monoisotopic (exact) mass is 378 g/mol. The van der Waals surface area contributed by atoms with Crippen LogP contribution >= 0.6 is 23.2 Å². The van der Waals surface area contributed by atoms with Crippen LogP contribution in [0.1, 0.15) is 11.4 Å². The van der Waals surface area contributed by atoms with Gasteiger partial charge in [-0.25, -0.2) is 4.98 Å². The number of halogens is 2. The molecule has 0 radical (unpaired) electrons. The van der Waals surface area contributed by atoms with Crippen molar-refractivity contribution in [3.05, 3.63) is 100 Å². The summed E-state index contributed by atoms with van der Waals surface area (Å²) in [6, 6.07) is 24.3. The quantitative estimate of drug-likeness (QED) is 0.423. The number of benzene rings is 3. The minimum absolute atomic E-state index is 0.636. The minimum atomic E-state index is 0.636. The molecule has 0 aliphatic carbocycles. The summed E-state index contributed by atoms with van der Waals surface area (Å²) in [6.45, 7) is 0. The van der Waals surface area contributed by atoms with Crippen molar-refractivity contribution in [2.24, 2.45) is 0 Å². The molecule has 1 N–H and O–H groups in total. The van der Waals surface area contributed by atoms with E-state index in [0.717, 1.165) is 22.6 Å². The fraction of sp³-hybridized carbons (Fsp3) is 0.0455. The third kappa shape index (κ3) is 3.67. The lowest BCUT2D eigenvalue weighted by Gasteiger charge is -2.03. The molecule has 3 aromatic carbocycles. The molecule has 0 aliphatic heterocycles. The fourth-order valence-electron chi connectivity index (χ4n) is 2.91. The Hall–Kier alpha value is -2.55. The van der Waals surface area contributed by atoms with E-state index < -0.39 is 0 Å². The van der Waals surface area contributed by atoms with Crippen LogP contribution in [0, 0.1) is 0 Å². The lowest BCUT2D eigenvalue weighted by atomic mass is 10.0. The summed E-state index contributed by atoms with van der Waals surface area (Å²) >= 11 is 12.2. The molecule has 4 aromatic rings. The first kappa shape index (κ1) is 16.9. The van der Waals surface area contributed by atoms with Crippen LogP contribution in [0.4, 0.5) is 0 Å². The third-order valence-electron chi connectivity index (χ3n) is 4.29. The summed E-state index contributed by atoms with van der Waals surface area (Å²) in [4.78, 5) is 7.93. The molecule has 0 aliphatic rings. The van der Waals surface area contributed by atoms with E-state index in [1.54, 1.807) is 6.07 Å². The van der Waals surface area contributed by atoms with Gasteiger partial charge in [-0.15, -0.1) is 0 Å². The van der Waals surface area contributed by atoms with Crippen molar-refractivity contribution in [1.29, 1.82) is 0 Å². The average molecular weight is 379 g/mol. The van der Waals surface area contributed by atoms with E-state index >= 15 is 0 Å². The molecule has 0 saturated heterocycles. The topological polar surface area (TPSA) is 28.7 Å². The summed E-state index contributed by atoms with van der Waals surface area (Å²) in [5, 5.41) is 1.29. The summed E-state index contributed by atoms with van der Waals surface area (Å²) in [6.07, 6.45) is 2.56. The van der Waals surface area contributed by atoms with Gasteiger partial charge in [0.05, 0.1) is 5.69 Å². The van der Waals surface area contributed by atoms with Gasteiger partial charge in [-0.3, -0.25) is 0 Å². The second-order valence-electron chi connectivity index (χ2n) is 6.09.